The highest BCUT2D eigenvalue weighted by atomic mass is 19.1. The maximum atomic E-state index is 13.8. The fourth-order valence-electron chi connectivity index (χ4n) is 3.23. The molecule has 2 aromatic carbocycles. The number of benzene rings is 2. The zero-order valence-electron chi connectivity index (χ0n) is 15.7. The molecule has 5 nitrogen and oxygen atoms in total. The maximum absolute atomic E-state index is 13.8. The summed E-state index contributed by atoms with van der Waals surface area (Å²) in [6.07, 6.45) is 0.760. The summed E-state index contributed by atoms with van der Waals surface area (Å²) in [4.78, 5) is 16.3. The zero-order valence-corrected chi connectivity index (χ0v) is 15.7. The molecule has 1 N–H and O–H groups in total. The van der Waals surface area contributed by atoms with Gasteiger partial charge in [0.05, 0.1) is 7.11 Å². The molecular weight excluding hydrogens is 345 g/mol. The van der Waals surface area contributed by atoms with Gasteiger partial charge in [-0.1, -0.05) is 30.3 Å². The molecule has 3 rings (SSSR count). The SMILES string of the molecule is COc1cccc(CCNC(=O)N2CCN(Cc3ccccc3F)CC2)c1. The van der Waals surface area contributed by atoms with Crippen molar-refractivity contribution in [3.05, 3.63) is 65.5 Å². The first-order valence-corrected chi connectivity index (χ1v) is 9.27. The molecule has 0 atom stereocenters. The van der Waals surface area contributed by atoms with Crippen LogP contribution in [0.1, 0.15) is 11.1 Å². The normalized spacial score (nSPS) is 14.8. The van der Waals surface area contributed by atoms with Crippen molar-refractivity contribution in [2.24, 2.45) is 0 Å². The predicted molar refractivity (Wildman–Crippen MR) is 103 cm³/mol. The fraction of sp³-hybridized carbons (Fsp3) is 0.381. The Morgan fingerprint density at radius 1 is 1.11 bits per heavy atom. The number of nitrogens with one attached hydrogen (secondary N) is 1. The summed E-state index contributed by atoms with van der Waals surface area (Å²) in [5.74, 6) is 0.653. The number of carbonyl (C=O) groups excluding carboxylic acids is 1. The number of urea groups is 1. The van der Waals surface area contributed by atoms with Crippen LogP contribution in [0.15, 0.2) is 48.5 Å². The lowest BCUT2D eigenvalue weighted by atomic mass is 10.1. The number of rotatable bonds is 6. The van der Waals surface area contributed by atoms with Gasteiger partial charge in [0.2, 0.25) is 0 Å². The van der Waals surface area contributed by atoms with Crippen LogP contribution in [0.2, 0.25) is 0 Å². The van der Waals surface area contributed by atoms with E-state index in [1.807, 2.05) is 41.3 Å². The van der Waals surface area contributed by atoms with Crippen LogP contribution >= 0.6 is 0 Å². The lowest BCUT2D eigenvalue weighted by molar-refractivity contribution is 0.134. The van der Waals surface area contributed by atoms with Gasteiger partial charge >= 0.3 is 6.03 Å². The summed E-state index contributed by atoms with van der Waals surface area (Å²) < 4.78 is 19.0. The predicted octanol–water partition coefficient (Wildman–Crippen LogP) is 2.90. The second kappa shape index (κ2) is 9.37. The summed E-state index contributed by atoms with van der Waals surface area (Å²) in [6.45, 7) is 3.97. The van der Waals surface area contributed by atoms with Crippen LogP contribution in [0, 0.1) is 5.82 Å². The number of hydrogen-bond donors (Lipinski definition) is 1. The Morgan fingerprint density at radius 3 is 2.63 bits per heavy atom. The van der Waals surface area contributed by atoms with Crippen molar-refractivity contribution in [3.63, 3.8) is 0 Å². The number of amides is 2. The Kier molecular flexibility index (Phi) is 6.65. The molecule has 1 fully saturated rings. The molecule has 0 radical (unpaired) electrons. The summed E-state index contributed by atoms with van der Waals surface area (Å²) in [7, 11) is 1.65. The summed E-state index contributed by atoms with van der Waals surface area (Å²) >= 11 is 0. The molecule has 144 valence electrons. The minimum atomic E-state index is -0.171. The van der Waals surface area contributed by atoms with Crippen LogP contribution in [-0.4, -0.2) is 55.7 Å². The van der Waals surface area contributed by atoms with Crippen LogP contribution < -0.4 is 10.1 Å². The van der Waals surface area contributed by atoms with Gasteiger partial charge in [-0.3, -0.25) is 4.90 Å². The Labute approximate surface area is 159 Å². The molecule has 2 aromatic rings. The Bertz CT molecular complexity index is 761. The van der Waals surface area contributed by atoms with Gasteiger partial charge in [0.15, 0.2) is 0 Å². The highest BCUT2D eigenvalue weighted by molar-refractivity contribution is 5.74. The van der Waals surface area contributed by atoms with Crippen LogP contribution in [0.25, 0.3) is 0 Å². The first-order valence-electron chi connectivity index (χ1n) is 9.27. The van der Waals surface area contributed by atoms with Gasteiger partial charge in [0, 0.05) is 44.8 Å². The van der Waals surface area contributed by atoms with Crippen molar-refractivity contribution in [1.82, 2.24) is 15.1 Å². The smallest absolute Gasteiger partial charge is 0.317 e. The first kappa shape index (κ1) is 19.2. The molecule has 2 amide bonds. The number of piperazine rings is 1. The first-order chi connectivity index (χ1) is 13.2. The van der Waals surface area contributed by atoms with Crippen molar-refractivity contribution in [2.45, 2.75) is 13.0 Å². The molecule has 0 bridgehead atoms. The van der Waals surface area contributed by atoms with Crippen LogP contribution in [0.4, 0.5) is 9.18 Å². The number of carbonyl (C=O) groups is 1. The molecule has 1 aliphatic heterocycles. The van der Waals surface area contributed by atoms with Gasteiger partial charge in [-0.15, -0.1) is 0 Å². The molecule has 6 heteroatoms. The van der Waals surface area contributed by atoms with E-state index in [-0.39, 0.29) is 11.8 Å². The average Bonchev–Trinajstić information content (AvgIpc) is 2.70. The number of nitrogens with zero attached hydrogens (tertiary/aromatic N) is 2. The highest BCUT2D eigenvalue weighted by Gasteiger charge is 2.21. The van der Waals surface area contributed by atoms with Crippen LogP contribution in [0.3, 0.4) is 0 Å². The van der Waals surface area contributed by atoms with Gasteiger partial charge in [0.1, 0.15) is 11.6 Å². The van der Waals surface area contributed by atoms with Gasteiger partial charge < -0.3 is 15.0 Å². The van der Waals surface area contributed by atoms with Crippen molar-refractivity contribution < 1.29 is 13.9 Å². The third kappa shape index (κ3) is 5.44. The third-order valence-corrected chi connectivity index (χ3v) is 4.84. The monoisotopic (exact) mass is 371 g/mol. The summed E-state index contributed by atoms with van der Waals surface area (Å²) in [5.41, 5.74) is 1.83. The van der Waals surface area contributed by atoms with Crippen molar-refractivity contribution in [2.75, 3.05) is 39.8 Å². The minimum absolute atomic E-state index is 0.0385. The lowest BCUT2D eigenvalue weighted by Crippen LogP contribution is -2.51. The topological polar surface area (TPSA) is 44.8 Å². The van der Waals surface area contributed by atoms with Crippen molar-refractivity contribution >= 4 is 6.03 Å². The molecule has 1 heterocycles. The molecule has 0 aliphatic carbocycles. The highest BCUT2D eigenvalue weighted by Crippen LogP contribution is 2.13. The zero-order chi connectivity index (χ0) is 19.1. The van der Waals surface area contributed by atoms with E-state index in [1.54, 1.807) is 13.2 Å². The molecule has 1 saturated heterocycles. The Balaban J connectivity index is 1.40. The van der Waals surface area contributed by atoms with E-state index >= 15 is 0 Å². The van der Waals surface area contributed by atoms with Crippen molar-refractivity contribution in [3.8, 4) is 5.75 Å². The van der Waals surface area contributed by atoms with E-state index in [0.717, 1.165) is 30.8 Å². The largest absolute Gasteiger partial charge is 0.497 e. The quantitative estimate of drug-likeness (QED) is 0.849. The molecule has 0 spiro atoms. The fourth-order valence-corrected chi connectivity index (χ4v) is 3.23. The van der Waals surface area contributed by atoms with E-state index < -0.39 is 0 Å². The third-order valence-electron chi connectivity index (χ3n) is 4.84. The summed E-state index contributed by atoms with van der Waals surface area (Å²) in [6, 6.07) is 14.7. The number of halogens is 1. The second-order valence-corrected chi connectivity index (χ2v) is 6.69. The van der Waals surface area contributed by atoms with E-state index in [0.29, 0.717) is 31.7 Å². The van der Waals surface area contributed by atoms with E-state index in [1.165, 1.54) is 6.07 Å². The Morgan fingerprint density at radius 2 is 1.89 bits per heavy atom. The maximum Gasteiger partial charge on any atom is 0.317 e. The van der Waals surface area contributed by atoms with Gasteiger partial charge in [-0.05, 0) is 30.2 Å². The van der Waals surface area contributed by atoms with Crippen LogP contribution in [0.5, 0.6) is 5.75 Å². The Hall–Kier alpha value is -2.60. The molecule has 27 heavy (non-hydrogen) atoms. The van der Waals surface area contributed by atoms with Crippen LogP contribution in [-0.2, 0) is 13.0 Å². The minimum Gasteiger partial charge on any atom is -0.497 e. The molecule has 0 aromatic heterocycles. The number of ether oxygens (including phenoxy) is 1. The number of methoxy groups -OCH3 is 1. The van der Waals surface area contributed by atoms with Crippen molar-refractivity contribution in [1.29, 1.82) is 0 Å². The second-order valence-electron chi connectivity index (χ2n) is 6.69. The molecule has 0 saturated carbocycles. The molecule has 0 unspecified atom stereocenters. The average molecular weight is 371 g/mol. The van der Waals surface area contributed by atoms with E-state index in [2.05, 4.69) is 10.2 Å². The molecule has 1 aliphatic rings. The standard InChI is InChI=1S/C21H26FN3O2/c1-27-19-7-4-5-17(15-19)9-10-23-21(26)25-13-11-24(12-14-25)16-18-6-2-3-8-20(18)22/h2-8,15H,9-14,16H2,1H3,(H,23,26). The lowest BCUT2D eigenvalue weighted by Gasteiger charge is -2.34. The van der Waals surface area contributed by atoms with E-state index in [9.17, 15) is 9.18 Å². The summed E-state index contributed by atoms with van der Waals surface area (Å²) in [5, 5.41) is 2.98. The number of hydrogen-bond acceptors (Lipinski definition) is 3. The van der Waals surface area contributed by atoms with Gasteiger partial charge in [-0.25, -0.2) is 9.18 Å². The van der Waals surface area contributed by atoms with Gasteiger partial charge in [-0.2, -0.15) is 0 Å². The van der Waals surface area contributed by atoms with E-state index in [4.69, 9.17) is 4.74 Å². The molecular formula is C21H26FN3O2. The van der Waals surface area contributed by atoms with Gasteiger partial charge in [0.25, 0.3) is 0 Å².